The molecule has 10 nitrogen and oxygen atoms in total. The number of rotatable bonds is 5. The Morgan fingerprint density at radius 1 is 1.06 bits per heavy atom. The molecule has 1 aliphatic rings. The van der Waals surface area contributed by atoms with Gasteiger partial charge in [0.1, 0.15) is 5.56 Å². The van der Waals surface area contributed by atoms with Gasteiger partial charge in [0.15, 0.2) is 0 Å². The van der Waals surface area contributed by atoms with Crippen LogP contribution >= 0.6 is 0 Å². The fourth-order valence-corrected chi connectivity index (χ4v) is 4.08. The Hall–Kier alpha value is -3.95. The summed E-state index contributed by atoms with van der Waals surface area (Å²) in [7, 11) is 2.95. The van der Waals surface area contributed by atoms with E-state index in [2.05, 4.69) is 20.4 Å². The number of aromatic nitrogens is 3. The molecule has 35 heavy (non-hydrogen) atoms. The van der Waals surface area contributed by atoms with Crippen LogP contribution in [0.2, 0.25) is 0 Å². The number of hydrogen-bond donors (Lipinski definition) is 1. The number of carbonyl (C=O) groups is 2. The summed E-state index contributed by atoms with van der Waals surface area (Å²) < 4.78 is 16.0. The summed E-state index contributed by atoms with van der Waals surface area (Å²) in [4.78, 5) is 36.2. The van der Waals surface area contributed by atoms with Gasteiger partial charge in [-0.2, -0.15) is 9.97 Å². The van der Waals surface area contributed by atoms with Crippen LogP contribution in [0.3, 0.4) is 0 Å². The fraction of sp³-hybridized carbons (Fsp3) is 0.400. The molecule has 3 aromatic rings. The predicted molar refractivity (Wildman–Crippen MR) is 127 cm³/mol. The van der Waals surface area contributed by atoms with Crippen LogP contribution in [-0.2, 0) is 4.79 Å². The van der Waals surface area contributed by atoms with E-state index in [1.807, 2.05) is 30.3 Å². The summed E-state index contributed by atoms with van der Waals surface area (Å²) in [6, 6.07) is 12.9. The summed E-state index contributed by atoms with van der Waals surface area (Å²) in [5, 5.41) is 7.07. The van der Waals surface area contributed by atoms with Gasteiger partial charge in [-0.1, -0.05) is 35.5 Å². The molecule has 4 rings (SSSR count). The van der Waals surface area contributed by atoms with Crippen LogP contribution < -0.4 is 14.8 Å². The largest absolute Gasteiger partial charge is 0.481 e. The molecule has 1 fully saturated rings. The second-order valence-corrected chi connectivity index (χ2v) is 8.25. The van der Waals surface area contributed by atoms with Gasteiger partial charge in [-0.05, 0) is 25.3 Å². The summed E-state index contributed by atoms with van der Waals surface area (Å²) in [6.07, 6.45) is 2.32. The Morgan fingerprint density at radius 3 is 2.66 bits per heavy atom. The van der Waals surface area contributed by atoms with E-state index in [4.69, 9.17) is 14.0 Å². The zero-order valence-corrected chi connectivity index (χ0v) is 19.9. The summed E-state index contributed by atoms with van der Waals surface area (Å²) in [5.41, 5.74) is 1.20. The second kappa shape index (κ2) is 11.5. The van der Waals surface area contributed by atoms with Crippen LogP contribution in [-0.4, -0.2) is 65.7 Å². The lowest BCUT2D eigenvalue weighted by atomic mass is 9.99. The zero-order chi connectivity index (χ0) is 24.6. The normalized spacial score (nSPS) is 17.3. The first-order valence-corrected chi connectivity index (χ1v) is 11.6. The van der Waals surface area contributed by atoms with E-state index < -0.39 is 0 Å². The maximum absolute atomic E-state index is 13.3. The minimum Gasteiger partial charge on any atom is -0.481 e. The Balaban J connectivity index is 1.50. The quantitative estimate of drug-likeness (QED) is 0.593. The molecule has 0 saturated carbocycles. The van der Waals surface area contributed by atoms with Crippen molar-refractivity contribution in [1.29, 1.82) is 0 Å². The van der Waals surface area contributed by atoms with E-state index in [1.165, 1.54) is 14.2 Å². The molecule has 1 atom stereocenters. The minimum absolute atomic E-state index is 0.0347. The van der Waals surface area contributed by atoms with Gasteiger partial charge in [-0.15, -0.1) is 0 Å². The van der Waals surface area contributed by atoms with Gasteiger partial charge in [0.2, 0.25) is 29.4 Å². The average Bonchev–Trinajstić information content (AvgIpc) is 3.38. The summed E-state index contributed by atoms with van der Waals surface area (Å²) >= 11 is 0. The zero-order valence-electron chi connectivity index (χ0n) is 19.9. The van der Waals surface area contributed by atoms with Gasteiger partial charge in [0.05, 0.1) is 14.2 Å². The lowest BCUT2D eigenvalue weighted by Crippen LogP contribution is -2.36. The van der Waals surface area contributed by atoms with Crippen molar-refractivity contribution in [2.75, 3.05) is 33.9 Å². The van der Waals surface area contributed by atoms with Gasteiger partial charge in [0, 0.05) is 43.6 Å². The molecule has 1 saturated heterocycles. The second-order valence-electron chi connectivity index (χ2n) is 8.25. The van der Waals surface area contributed by atoms with E-state index in [9.17, 15) is 9.59 Å². The first-order chi connectivity index (χ1) is 17.1. The van der Waals surface area contributed by atoms with E-state index in [0.717, 1.165) is 12.0 Å². The van der Waals surface area contributed by atoms with Crippen molar-refractivity contribution < 1.29 is 23.6 Å². The monoisotopic (exact) mass is 479 g/mol. The van der Waals surface area contributed by atoms with E-state index in [-0.39, 0.29) is 30.0 Å². The molecule has 0 spiro atoms. The molecule has 184 valence electrons. The van der Waals surface area contributed by atoms with Gasteiger partial charge >= 0.3 is 0 Å². The third-order valence-electron chi connectivity index (χ3n) is 5.98. The van der Waals surface area contributed by atoms with Gasteiger partial charge in [-0.25, -0.2) is 0 Å². The molecule has 1 N–H and O–H groups in total. The molecule has 2 amide bonds. The van der Waals surface area contributed by atoms with E-state index >= 15 is 0 Å². The van der Waals surface area contributed by atoms with Crippen molar-refractivity contribution in [3.8, 4) is 23.1 Å². The highest BCUT2D eigenvalue weighted by molar-refractivity contribution is 5.96. The number of ether oxygens (including phenoxy) is 2. The highest BCUT2D eigenvalue weighted by Crippen LogP contribution is 2.27. The minimum atomic E-state index is -0.246. The summed E-state index contributed by atoms with van der Waals surface area (Å²) in [6.45, 7) is 1.26. The van der Waals surface area contributed by atoms with Crippen LogP contribution in [0.1, 0.15) is 47.8 Å². The molecule has 1 aliphatic heterocycles. The number of benzene rings is 1. The van der Waals surface area contributed by atoms with Crippen LogP contribution in [0.25, 0.3) is 11.4 Å². The molecule has 0 aliphatic carbocycles. The molecule has 1 unspecified atom stereocenters. The topological polar surface area (TPSA) is 120 Å². The molecular weight excluding hydrogens is 450 g/mol. The number of amides is 2. The fourth-order valence-electron chi connectivity index (χ4n) is 4.08. The Bertz CT molecular complexity index is 1150. The number of methoxy groups -OCH3 is 2. The highest BCUT2D eigenvalue weighted by Gasteiger charge is 2.25. The molecule has 10 heteroatoms. The molecule has 1 aromatic carbocycles. The van der Waals surface area contributed by atoms with Crippen molar-refractivity contribution in [2.24, 2.45) is 0 Å². The van der Waals surface area contributed by atoms with E-state index in [0.29, 0.717) is 55.6 Å². The molecule has 3 heterocycles. The lowest BCUT2D eigenvalue weighted by molar-refractivity contribution is -0.121. The first-order valence-electron chi connectivity index (χ1n) is 11.6. The molecule has 0 radical (unpaired) electrons. The average molecular weight is 480 g/mol. The number of pyridine rings is 1. The molecule has 2 aromatic heterocycles. The first kappa shape index (κ1) is 24.2. The standard InChI is InChI=1S/C25H29N5O5/c1-33-21-11-10-19(24(27-21)34-2)25(32)30-15-6-9-18(12-14-26-20(31)13-16-30)23-28-22(29-35-23)17-7-4-3-5-8-17/h3-5,7-8,10-11,18H,6,9,12-16H2,1-2H3,(H,26,31). The molecule has 0 bridgehead atoms. The van der Waals surface area contributed by atoms with Gasteiger partial charge in [0.25, 0.3) is 5.91 Å². The highest BCUT2D eigenvalue weighted by atomic mass is 16.5. The van der Waals surface area contributed by atoms with Crippen LogP contribution in [0, 0.1) is 0 Å². The number of nitrogens with zero attached hydrogens (tertiary/aromatic N) is 4. The van der Waals surface area contributed by atoms with Crippen LogP contribution in [0.5, 0.6) is 11.8 Å². The number of nitrogens with one attached hydrogen (secondary N) is 1. The Kier molecular flexibility index (Phi) is 7.92. The Labute approximate surface area is 203 Å². The van der Waals surface area contributed by atoms with Crippen molar-refractivity contribution in [3.05, 3.63) is 53.9 Å². The molecular formula is C25H29N5O5. The SMILES string of the molecule is COc1ccc(C(=O)N2CCCC(c3nc(-c4ccccc4)no3)CCNC(=O)CC2)c(OC)n1. The third kappa shape index (κ3) is 5.95. The van der Waals surface area contributed by atoms with Gasteiger partial charge < -0.3 is 24.2 Å². The summed E-state index contributed by atoms with van der Waals surface area (Å²) in [5.74, 6) is 1.22. The smallest absolute Gasteiger partial charge is 0.259 e. The van der Waals surface area contributed by atoms with Gasteiger partial charge in [-0.3, -0.25) is 9.59 Å². The van der Waals surface area contributed by atoms with Crippen molar-refractivity contribution >= 4 is 11.8 Å². The van der Waals surface area contributed by atoms with E-state index in [1.54, 1.807) is 17.0 Å². The van der Waals surface area contributed by atoms with Crippen molar-refractivity contribution in [1.82, 2.24) is 25.3 Å². The number of hydrogen-bond acceptors (Lipinski definition) is 8. The Morgan fingerprint density at radius 2 is 1.89 bits per heavy atom. The van der Waals surface area contributed by atoms with Crippen LogP contribution in [0.15, 0.2) is 47.0 Å². The van der Waals surface area contributed by atoms with Crippen molar-refractivity contribution in [3.63, 3.8) is 0 Å². The van der Waals surface area contributed by atoms with Crippen LogP contribution in [0.4, 0.5) is 0 Å². The van der Waals surface area contributed by atoms with Crippen molar-refractivity contribution in [2.45, 2.75) is 31.6 Å². The predicted octanol–water partition coefficient (Wildman–Crippen LogP) is 3.07. The maximum atomic E-state index is 13.3. The lowest BCUT2D eigenvalue weighted by Gasteiger charge is -2.23. The third-order valence-corrected chi connectivity index (χ3v) is 5.98. The maximum Gasteiger partial charge on any atom is 0.259 e. The number of carbonyl (C=O) groups excluding carboxylic acids is 2.